The van der Waals surface area contributed by atoms with E-state index in [1.165, 1.54) is 31.4 Å². The van der Waals surface area contributed by atoms with Crippen molar-refractivity contribution in [2.45, 2.75) is 23.6 Å². The molecule has 9 nitrogen and oxygen atoms in total. The van der Waals surface area contributed by atoms with Crippen LogP contribution in [0.15, 0.2) is 114 Å². The lowest BCUT2D eigenvalue weighted by Crippen LogP contribution is -2.31. The van der Waals surface area contributed by atoms with Crippen molar-refractivity contribution in [2.24, 2.45) is 0 Å². The zero-order chi connectivity index (χ0) is 34.5. The SMILES string of the molecule is COc1cccc(C(=O)COC(=O)c2ccc(N3C(=O)CC(Sc4nc(-c5ccccc5)cc(-c5ccc(C)cc5)c4C#N)C3=O)cc2)c1. The molecular formula is C39H29N3O6S. The van der Waals surface area contributed by atoms with Crippen molar-refractivity contribution in [2.75, 3.05) is 18.6 Å². The standard InChI is InChI=1S/C39H29N3O6S/c1-24-11-13-25(14-12-24)31-20-33(26-7-4-3-5-8-26)41-37(32(31)22-40)49-35-21-36(44)42(38(35)45)29-17-15-27(16-18-29)39(46)48-23-34(43)28-9-6-10-30(19-28)47-2/h3-20,35H,21,23H2,1-2H3. The molecule has 242 valence electrons. The monoisotopic (exact) mass is 667 g/mol. The fourth-order valence-electron chi connectivity index (χ4n) is 5.38. The Bertz CT molecular complexity index is 2110. The number of carbonyl (C=O) groups excluding carboxylic acids is 4. The van der Waals surface area contributed by atoms with Gasteiger partial charge in [0.15, 0.2) is 12.4 Å². The van der Waals surface area contributed by atoms with Gasteiger partial charge in [-0.3, -0.25) is 14.4 Å². The minimum absolute atomic E-state index is 0.0956. The number of esters is 1. The van der Waals surface area contributed by atoms with E-state index in [-0.39, 0.29) is 17.7 Å². The smallest absolute Gasteiger partial charge is 0.338 e. The molecule has 5 aromatic rings. The highest BCUT2D eigenvalue weighted by Crippen LogP contribution is 2.39. The van der Waals surface area contributed by atoms with Gasteiger partial charge in [-0.15, -0.1) is 0 Å². The molecule has 10 heteroatoms. The maximum atomic E-state index is 13.7. The minimum atomic E-state index is -0.823. The van der Waals surface area contributed by atoms with Crippen LogP contribution in [0.5, 0.6) is 5.75 Å². The van der Waals surface area contributed by atoms with Gasteiger partial charge in [-0.2, -0.15) is 5.26 Å². The maximum absolute atomic E-state index is 13.7. The maximum Gasteiger partial charge on any atom is 0.338 e. The number of nitriles is 1. The topological polar surface area (TPSA) is 127 Å². The third-order valence-corrected chi connectivity index (χ3v) is 9.15. The Labute approximate surface area is 287 Å². The van der Waals surface area contributed by atoms with Crippen LogP contribution < -0.4 is 9.64 Å². The van der Waals surface area contributed by atoms with Gasteiger partial charge >= 0.3 is 5.97 Å². The van der Waals surface area contributed by atoms with Crippen LogP contribution in [0, 0.1) is 18.3 Å². The lowest BCUT2D eigenvalue weighted by atomic mass is 9.98. The van der Waals surface area contributed by atoms with Crippen LogP contribution in [0.3, 0.4) is 0 Å². The summed E-state index contributed by atoms with van der Waals surface area (Å²) in [5, 5.41) is 9.82. The molecule has 4 aromatic carbocycles. The fraction of sp³-hybridized carbons (Fsp3) is 0.128. The van der Waals surface area contributed by atoms with Crippen LogP contribution in [-0.4, -0.2) is 47.5 Å². The molecule has 0 bridgehead atoms. The van der Waals surface area contributed by atoms with E-state index in [1.54, 1.807) is 24.3 Å². The molecule has 2 amide bonds. The van der Waals surface area contributed by atoms with E-state index in [0.717, 1.165) is 33.4 Å². The molecule has 1 aliphatic heterocycles. The van der Waals surface area contributed by atoms with Crippen molar-refractivity contribution in [3.05, 3.63) is 131 Å². The molecule has 0 aliphatic carbocycles. The summed E-state index contributed by atoms with van der Waals surface area (Å²) in [4.78, 5) is 57.9. The van der Waals surface area contributed by atoms with Crippen molar-refractivity contribution in [3.8, 4) is 34.2 Å². The predicted molar refractivity (Wildman–Crippen MR) is 185 cm³/mol. The highest BCUT2D eigenvalue weighted by Gasteiger charge is 2.41. The van der Waals surface area contributed by atoms with E-state index in [2.05, 4.69) is 6.07 Å². The number of amides is 2. The van der Waals surface area contributed by atoms with Crippen molar-refractivity contribution in [3.63, 3.8) is 0 Å². The number of nitrogens with zero attached hydrogens (tertiary/aromatic N) is 3. The zero-order valence-corrected chi connectivity index (χ0v) is 27.4. The van der Waals surface area contributed by atoms with E-state index in [1.807, 2.05) is 67.6 Å². The number of imide groups is 1. The second-order valence-corrected chi connectivity index (χ2v) is 12.4. The fourth-order valence-corrected chi connectivity index (χ4v) is 6.50. The lowest BCUT2D eigenvalue weighted by molar-refractivity contribution is -0.121. The van der Waals surface area contributed by atoms with E-state index < -0.39 is 35.4 Å². The van der Waals surface area contributed by atoms with Gasteiger partial charge in [0.2, 0.25) is 11.8 Å². The number of aromatic nitrogens is 1. The molecule has 0 saturated carbocycles. The Morgan fingerprint density at radius 3 is 2.33 bits per heavy atom. The van der Waals surface area contributed by atoms with Crippen molar-refractivity contribution >= 4 is 41.0 Å². The van der Waals surface area contributed by atoms with Crippen LogP contribution in [0.1, 0.15) is 38.3 Å². The van der Waals surface area contributed by atoms with E-state index in [9.17, 15) is 24.4 Å². The Morgan fingerprint density at radius 1 is 0.898 bits per heavy atom. The molecule has 0 spiro atoms. The number of carbonyl (C=O) groups is 4. The number of thioether (sulfide) groups is 1. The summed E-state index contributed by atoms with van der Waals surface area (Å²) in [5.41, 5.74) is 5.18. The largest absolute Gasteiger partial charge is 0.497 e. The molecule has 0 N–H and O–H groups in total. The molecule has 1 aromatic heterocycles. The lowest BCUT2D eigenvalue weighted by Gasteiger charge is -2.16. The molecule has 0 radical (unpaired) electrons. The zero-order valence-electron chi connectivity index (χ0n) is 26.6. The molecule has 1 atom stereocenters. The summed E-state index contributed by atoms with van der Waals surface area (Å²) < 4.78 is 10.3. The third kappa shape index (κ3) is 7.12. The van der Waals surface area contributed by atoms with Gasteiger partial charge in [-0.25, -0.2) is 14.7 Å². The number of hydrogen-bond acceptors (Lipinski definition) is 9. The number of aryl methyl sites for hydroxylation is 1. The van der Waals surface area contributed by atoms with Crippen LogP contribution in [0.25, 0.3) is 22.4 Å². The number of ether oxygens (including phenoxy) is 2. The van der Waals surface area contributed by atoms with Gasteiger partial charge in [0.05, 0.1) is 34.9 Å². The molecule has 49 heavy (non-hydrogen) atoms. The quantitative estimate of drug-likeness (QED) is 0.0873. The third-order valence-electron chi connectivity index (χ3n) is 7.98. The number of hydrogen-bond donors (Lipinski definition) is 0. The Hall–Kier alpha value is -6.05. The van der Waals surface area contributed by atoms with Gasteiger partial charge in [0.25, 0.3) is 0 Å². The number of methoxy groups -OCH3 is 1. The van der Waals surface area contributed by atoms with Gasteiger partial charge in [0, 0.05) is 23.1 Å². The predicted octanol–water partition coefficient (Wildman–Crippen LogP) is 7.07. The minimum Gasteiger partial charge on any atom is -0.497 e. The molecule has 6 rings (SSSR count). The summed E-state index contributed by atoms with van der Waals surface area (Å²) in [6, 6.07) is 33.9. The molecule has 1 unspecified atom stereocenters. The van der Waals surface area contributed by atoms with Crippen molar-refractivity contribution in [1.29, 1.82) is 5.26 Å². The summed E-state index contributed by atoms with van der Waals surface area (Å²) in [7, 11) is 1.49. The average Bonchev–Trinajstić information content (AvgIpc) is 3.42. The summed E-state index contributed by atoms with van der Waals surface area (Å²) in [6.07, 6.45) is -0.0956. The Morgan fingerprint density at radius 2 is 1.63 bits per heavy atom. The second kappa shape index (κ2) is 14.4. The number of pyridine rings is 1. The summed E-state index contributed by atoms with van der Waals surface area (Å²) in [6.45, 7) is 1.52. The summed E-state index contributed by atoms with van der Waals surface area (Å²) >= 11 is 1.09. The molecule has 2 heterocycles. The molecular weight excluding hydrogens is 639 g/mol. The second-order valence-electron chi connectivity index (χ2n) is 11.2. The molecule has 1 saturated heterocycles. The van der Waals surface area contributed by atoms with Crippen LogP contribution in [0.2, 0.25) is 0 Å². The highest BCUT2D eigenvalue weighted by atomic mass is 32.2. The first-order chi connectivity index (χ1) is 23.7. The highest BCUT2D eigenvalue weighted by molar-refractivity contribution is 8.00. The first-order valence-electron chi connectivity index (χ1n) is 15.3. The van der Waals surface area contributed by atoms with Gasteiger partial charge in [-0.1, -0.05) is 84.1 Å². The van der Waals surface area contributed by atoms with Gasteiger partial charge in [-0.05, 0) is 55.0 Å². The van der Waals surface area contributed by atoms with Crippen LogP contribution in [0.4, 0.5) is 5.69 Å². The first-order valence-corrected chi connectivity index (χ1v) is 16.2. The normalized spacial score (nSPS) is 14.0. The van der Waals surface area contributed by atoms with Crippen LogP contribution in [-0.2, 0) is 14.3 Å². The van der Waals surface area contributed by atoms with E-state index in [0.29, 0.717) is 33.2 Å². The summed E-state index contributed by atoms with van der Waals surface area (Å²) in [5.74, 6) is -1.49. The first kappa shape index (κ1) is 32.9. The number of anilines is 1. The van der Waals surface area contributed by atoms with Crippen LogP contribution >= 0.6 is 11.8 Å². The van der Waals surface area contributed by atoms with Crippen molar-refractivity contribution < 1.29 is 28.7 Å². The average molecular weight is 668 g/mol. The van der Waals surface area contributed by atoms with Gasteiger partial charge in [0.1, 0.15) is 16.8 Å². The number of rotatable bonds is 10. The van der Waals surface area contributed by atoms with Crippen molar-refractivity contribution in [1.82, 2.24) is 4.98 Å². The Balaban J connectivity index is 1.20. The number of ketones is 1. The number of benzene rings is 4. The van der Waals surface area contributed by atoms with E-state index >= 15 is 0 Å². The Kier molecular flexibility index (Phi) is 9.65. The van der Waals surface area contributed by atoms with E-state index in [4.69, 9.17) is 14.5 Å². The molecule has 1 aliphatic rings. The molecule has 1 fully saturated rings. The number of Topliss-reactive ketones (excluding diaryl/α,β-unsaturated/α-hetero) is 1. The van der Waals surface area contributed by atoms with Gasteiger partial charge < -0.3 is 9.47 Å².